The number of aliphatic hydroxyl groups is 1. The Labute approximate surface area is 141 Å². The van der Waals surface area contributed by atoms with Crippen LogP contribution in [0.1, 0.15) is 21.6 Å². The number of β-amino-alcohol motifs (C(OH)–C–C–N with tert-alkyl or cyclic N) is 1. The smallest absolute Gasteiger partial charge is 0.339 e. The molecule has 2 N–H and O–H groups in total. The Morgan fingerprint density at radius 2 is 2.00 bits per heavy atom. The molecule has 1 aliphatic heterocycles. The van der Waals surface area contributed by atoms with Crippen molar-refractivity contribution in [1.29, 1.82) is 0 Å². The third kappa shape index (κ3) is 3.68. The molecule has 8 nitrogen and oxygen atoms in total. The van der Waals surface area contributed by atoms with E-state index in [2.05, 4.69) is 4.98 Å². The van der Waals surface area contributed by atoms with Crippen molar-refractivity contribution in [2.75, 3.05) is 37.8 Å². The van der Waals surface area contributed by atoms with Crippen LogP contribution in [0, 0.1) is 19.8 Å². The second-order valence-electron chi connectivity index (χ2n) is 6.36. The summed E-state index contributed by atoms with van der Waals surface area (Å²) >= 11 is 0. The molecule has 0 aliphatic carbocycles. The van der Waals surface area contributed by atoms with E-state index in [1.807, 2.05) is 0 Å². The van der Waals surface area contributed by atoms with Crippen LogP contribution in [0.4, 0.5) is 5.82 Å². The molecule has 9 heteroatoms. The molecule has 1 aromatic heterocycles. The predicted molar refractivity (Wildman–Crippen MR) is 89.9 cm³/mol. The van der Waals surface area contributed by atoms with Gasteiger partial charge in [0.1, 0.15) is 11.4 Å². The molecule has 2 atom stereocenters. The van der Waals surface area contributed by atoms with Gasteiger partial charge >= 0.3 is 5.97 Å². The van der Waals surface area contributed by atoms with Crippen LogP contribution < -0.4 is 4.90 Å². The Morgan fingerprint density at radius 3 is 2.54 bits per heavy atom. The zero-order valence-corrected chi connectivity index (χ0v) is 15.0. The number of hydrogen-bond acceptors (Lipinski definition) is 6. The van der Waals surface area contributed by atoms with Crippen LogP contribution in [0.15, 0.2) is 6.07 Å². The van der Waals surface area contributed by atoms with E-state index >= 15 is 0 Å². The Morgan fingerprint density at radius 1 is 1.38 bits per heavy atom. The van der Waals surface area contributed by atoms with Crippen LogP contribution in [0.25, 0.3) is 0 Å². The molecule has 1 aliphatic rings. The molecular formula is C15H23N3O5S. The summed E-state index contributed by atoms with van der Waals surface area (Å²) in [5.74, 6) is -1.51. The highest BCUT2D eigenvalue weighted by atomic mass is 32.2. The van der Waals surface area contributed by atoms with E-state index in [1.165, 1.54) is 14.1 Å². The first-order chi connectivity index (χ1) is 11.0. The number of anilines is 1. The predicted octanol–water partition coefficient (Wildman–Crippen LogP) is 0.0851. The number of hydrogen-bond donors (Lipinski definition) is 2. The average Bonchev–Trinajstić information content (AvgIpc) is 2.81. The number of pyridine rings is 1. The van der Waals surface area contributed by atoms with Gasteiger partial charge in [-0.05, 0) is 25.5 Å². The van der Waals surface area contributed by atoms with Gasteiger partial charge in [0, 0.05) is 38.8 Å². The van der Waals surface area contributed by atoms with E-state index in [9.17, 15) is 23.4 Å². The van der Waals surface area contributed by atoms with Crippen molar-refractivity contribution in [2.45, 2.75) is 20.0 Å². The Balaban J connectivity index is 2.30. The summed E-state index contributed by atoms with van der Waals surface area (Å²) in [5.41, 5.74) is 1.53. The molecular weight excluding hydrogens is 334 g/mol. The van der Waals surface area contributed by atoms with Crippen LogP contribution in [0.5, 0.6) is 0 Å². The Kier molecular flexibility index (Phi) is 5.17. The van der Waals surface area contributed by atoms with Crippen LogP contribution in [0.3, 0.4) is 0 Å². The molecule has 0 saturated carbocycles. The lowest BCUT2D eigenvalue weighted by molar-refractivity contribution is 0.0697. The lowest BCUT2D eigenvalue weighted by Gasteiger charge is -2.21. The lowest BCUT2D eigenvalue weighted by Crippen LogP contribution is -2.33. The average molecular weight is 357 g/mol. The van der Waals surface area contributed by atoms with Crippen LogP contribution in [-0.2, 0) is 10.0 Å². The lowest BCUT2D eigenvalue weighted by atomic mass is 10.1. The van der Waals surface area contributed by atoms with Gasteiger partial charge < -0.3 is 15.1 Å². The highest BCUT2D eigenvalue weighted by Crippen LogP contribution is 2.28. The number of nitrogens with zero attached hydrogens (tertiary/aromatic N) is 3. The maximum Gasteiger partial charge on any atom is 0.339 e. The zero-order chi connectivity index (χ0) is 18.2. The molecule has 24 heavy (non-hydrogen) atoms. The summed E-state index contributed by atoms with van der Waals surface area (Å²) in [4.78, 5) is 17.5. The van der Waals surface area contributed by atoms with Crippen molar-refractivity contribution in [3.8, 4) is 0 Å². The molecule has 0 aromatic carbocycles. The molecule has 1 saturated heterocycles. The van der Waals surface area contributed by atoms with Gasteiger partial charge in [0.2, 0.25) is 10.0 Å². The van der Waals surface area contributed by atoms with Crippen molar-refractivity contribution in [2.24, 2.45) is 5.92 Å². The van der Waals surface area contributed by atoms with Crippen molar-refractivity contribution < 1.29 is 23.4 Å². The van der Waals surface area contributed by atoms with Crippen molar-refractivity contribution in [3.05, 3.63) is 22.9 Å². The van der Waals surface area contributed by atoms with Crippen molar-refractivity contribution in [3.63, 3.8) is 0 Å². The number of carboxylic acids is 1. The number of carboxylic acid groups (broad SMARTS) is 1. The maximum absolute atomic E-state index is 12.0. The highest BCUT2D eigenvalue weighted by Gasteiger charge is 2.37. The highest BCUT2D eigenvalue weighted by molar-refractivity contribution is 7.89. The van der Waals surface area contributed by atoms with Gasteiger partial charge in [0.25, 0.3) is 0 Å². The molecule has 0 amide bonds. The summed E-state index contributed by atoms with van der Waals surface area (Å²) in [6.07, 6.45) is -0.857. The summed E-state index contributed by atoms with van der Waals surface area (Å²) in [7, 11) is -0.559. The second-order valence-corrected chi connectivity index (χ2v) is 8.59. The largest absolute Gasteiger partial charge is 0.478 e. The van der Waals surface area contributed by atoms with E-state index in [0.29, 0.717) is 5.69 Å². The number of aromatic nitrogens is 1. The first-order valence-corrected chi connectivity index (χ1v) is 9.18. The molecule has 0 spiro atoms. The minimum Gasteiger partial charge on any atom is -0.478 e. The summed E-state index contributed by atoms with van der Waals surface area (Å²) < 4.78 is 25.2. The van der Waals surface area contributed by atoms with Gasteiger partial charge in [0.05, 0.1) is 11.9 Å². The number of rotatable bonds is 5. The fourth-order valence-corrected chi connectivity index (χ4v) is 3.87. The Bertz CT molecular complexity index is 748. The molecule has 0 radical (unpaired) electrons. The molecule has 1 aromatic rings. The number of carbonyl (C=O) groups is 1. The second kappa shape index (κ2) is 6.66. The summed E-state index contributed by atoms with van der Waals surface area (Å²) in [6.45, 7) is 3.96. The van der Waals surface area contributed by atoms with E-state index in [-0.39, 0.29) is 30.2 Å². The van der Waals surface area contributed by atoms with E-state index < -0.39 is 28.0 Å². The molecule has 1 fully saturated rings. The topological polar surface area (TPSA) is 111 Å². The zero-order valence-electron chi connectivity index (χ0n) is 14.2. The first-order valence-electron chi connectivity index (χ1n) is 7.57. The van der Waals surface area contributed by atoms with Gasteiger partial charge in [0.15, 0.2) is 0 Å². The quantitative estimate of drug-likeness (QED) is 0.768. The number of aryl methyl sites for hydroxylation is 2. The number of aromatic carboxylic acids is 1. The van der Waals surface area contributed by atoms with Crippen LogP contribution in [-0.4, -0.2) is 72.9 Å². The third-order valence-corrected chi connectivity index (χ3v) is 6.33. The number of aliphatic hydroxyl groups excluding tert-OH is 1. The van der Waals surface area contributed by atoms with Crippen molar-refractivity contribution in [1.82, 2.24) is 9.29 Å². The van der Waals surface area contributed by atoms with Gasteiger partial charge in [-0.2, -0.15) is 0 Å². The van der Waals surface area contributed by atoms with Gasteiger partial charge in [-0.1, -0.05) is 0 Å². The fourth-order valence-electron chi connectivity index (χ4n) is 2.70. The van der Waals surface area contributed by atoms with E-state index in [4.69, 9.17) is 0 Å². The minimum atomic E-state index is -3.45. The van der Waals surface area contributed by atoms with Gasteiger partial charge in [-0.25, -0.2) is 22.5 Å². The molecule has 2 rings (SSSR count). The van der Waals surface area contributed by atoms with E-state index in [1.54, 1.807) is 24.8 Å². The molecule has 2 heterocycles. The maximum atomic E-state index is 12.0. The standard InChI is InChI=1S/C15H23N3O5S/c1-9-5-12(15(20)21)14(16-10(9)2)18-6-11(13(19)7-18)8-24(22,23)17(3)4/h5,11,13,19H,6-8H2,1-4H3,(H,20,21)/t11-,13-/m0/s1. The summed E-state index contributed by atoms with van der Waals surface area (Å²) in [5, 5.41) is 19.6. The monoisotopic (exact) mass is 357 g/mol. The fraction of sp³-hybridized carbons (Fsp3) is 0.600. The number of sulfonamides is 1. The third-order valence-electron chi connectivity index (χ3n) is 4.36. The van der Waals surface area contributed by atoms with Gasteiger partial charge in [-0.3, -0.25) is 0 Å². The minimum absolute atomic E-state index is 0.0569. The normalized spacial score (nSPS) is 21.5. The molecule has 0 unspecified atom stereocenters. The Hall–Kier alpha value is -1.71. The molecule has 0 bridgehead atoms. The van der Waals surface area contributed by atoms with E-state index in [0.717, 1.165) is 9.87 Å². The molecule has 134 valence electrons. The van der Waals surface area contributed by atoms with Crippen LogP contribution in [0.2, 0.25) is 0 Å². The van der Waals surface area contributed by atoms with Crippen molar-refractivity contribution >= 4 is 21.8 Å². The van der Waals surface area contributed by atoms with Crippen LogP contribution >= 0.6 is 0 Å². The SMILES string of the molecule is Cc1cc(C(=O)O)c(N2C[C@@H](CS(=O)(=O)N(C)C)[C@@H](O)C2)nc1C. The van der Waals surface area contributed by atoms with Gasteiger partial charge in [-0.15, -0.1) is 0 Å². The first kappa shape index (κ1) is 18.6. The summed E-state index contributed by atoms with van der Waals surface area (Å²) in [6, 6.07) is 1.55.